The Morgan fingerprint density at radius 2 is 1.69 bits per heavy atom. The van der Waals surface area contributed by atoms with Crippen molar-refractivity contribution >= 4 is 45.5 Å². The van der Waals surface area contributed by atoms with Gasteiger partial charge in [0.25, 0.3) is 5.91 Å². The molecule has 29 heavy (non-hydrogen) atoms. The molecule has 1 N–H and O–H groups in total. The van der Waals surface area contributed by atoms with Crippen LogP contribution in [0.5, 0.6) is 0 Å². The average Bonchev–Trinajstić information content (AvgIpc) is 2.68. The number of para-hydroxylation sites is 1. The summed E-state index contributed by atoms with van der Waals surface area (Å²) in [7, 11) is 1.48. The van der Waals surface area contributed by atoms with Crippen LogP contribution in [0.2, 0.25) is 0 Å². The van der Waals surface area contributed by atoms with Crippen LogP contribution < -0.4 is 5.32 Å². The standard InChI is InChI=1S/C22H23BrN2O4/c1-15-5-4-6-16(2)22(15)24-19(26)13-25(3)20(27)14-29-21(28)12-9-17-7-10-18(23)11-8-17/h4-12H,13-14H2,1-3H3,(H,24,26)/b12-9+. The SMILES string of the molecule is Cc1cccc(C)c1NC(=O)CN(C)C(=O)COC(=O)/C=C/c1ccc(Br)cc1. The Hall–Kier alpha value is -2.93. The molecule has 6 nitrogen and oxygen atoms in total. The highest BCUT2D eigenvalue weighted by Crippen LogP contribution is 2.19. The number of hydrogen-bond donors (Lipinski definition) is 1. The van der Waals surface area contributed by atoms with Gasteiger partial charge in [-0.05, 0) is 48.7 Å². The van der Waals surface area contributed by atoms with Crippen molar-refractivity contribution in [2.75, 3.05) is 25.5 Å². The molecule has 0 aliphatic carbocycles. The van der Waals surface area contributed by atoms with Crippen molar-refractivity contribution in [3.05, 3.63) is 69.7 Å². The van der Waals surface area contributed by atoms with Crippen molar-refractivity contribution in [1.29, 1.82) is 0 Å². The summed E-state index contributed by atoms with van der Waals surface area (Å²) in [5, 5.41) is 2.82. The zero-order valence-corrected chi connectivity index (χ0v) is 18.2. The first-order valence-corrected chi connectivity index (χ1v) is 9.76. The number of ether oxygens (including phenoxy) is 1. The van der Waals surface area contributed by atoms with Crippen molar-refractivity contribution in [1.82, 2.24) is 4.90 Å². The number of amides is 2. The van der Waals surface area contributed by atoms with Crippen molar-refractivity contribution in [3.8, 4) is 0 Å². The van der Waals surface area contributed by atoms with Crippen LogP contribution in [-0.4, -0.2) is 42.9 Å². The summed E-state index contributed by atoms with van der Waals surface area (Å²) in [4.78, 5) is 37.3. The van der Waals surface area contributed by atoms with Crippen LogP contribution in [0.1, 0.15) is 16.7 Å². The lowest BCUT2D eigenvalue weighted by molar-refractivity contribution is -0.148. The highest BCUT2D eigenvalue weighted by Gasteiger charge is 2.15. The number of carbonyl (C=O) groups is 3. The molecular formula is C22H23BrN2O4. The molecule has 2 rings (SSSR count). The second-order valence-corrected chi connectivity index (χ2v) is 7.47. The Kier molecular flexibility index (Phi) is 8.15. The number of rotatable bonds is 7. The van der Waals surface area contributed by atoms with Crippen molar-refractivity contribution in [2.24, 2.45) is 0 Å². The number of halogens is 1. The Morgan fingerprint density at radius 1 is 1.07 bits per heavy atom. The maximum Gasteiger partial charge on any atom is 0.331 e. The van der Waals surface area contributed by atoms with E-state index in [1.54, 1.807) is 6.08 Å². The minimum Gasteiger partial charge on any atom is -0.452 e. The molecule has 152 valence electrons. The largest absolute Gasteiger partial charge is 0.452 e. The quantitative estimate of drug-likeness (QED) is 0.506. The van der Waals surface area contributed by atoms with E-state index in [1.165, 1.54) is 18.0 Å². The molecule has 2 amide bonds. The van der Waals surface area contributed by atoms with Crippen LogP contribution in [-0.2, 0) is 19.1 Å². The van der Waals surface area contributed by atoms with Crippen LogP contribution in [0.4, 0.5) is 5.69 Å². The number of nitrogens with one attached hydrogen (secondary N) is 1. The van der Waals surface area contributed by atoms with Gasteiger partial charge in [-0.15, -0.1) is 0 Å². The van der Waals surface area contributed by atoms with Gasteiger partial charge in [0.15, 0.2) is 6.61 Å². The molecule has 0 saturated heterocycles. The number of carbonyl (C=O) groups excluding carboxylic acids is 3. The third-order valence-corrected chi connectivity index (χ3v) is 4.70. The Bertz CT molecular complexity index is 903. The molecule has 7 heteroatoms. The van der Waals surface area contributed by atoms with E-state index in [0.717, 1.165) is 26.9 Å². The molecular weight excluding hydrogens is 436 g/mol. The first kappa shape index (κ1) is 22.4. The van der Waals surface area contributed by atoms with Gasteiger partial charge >= 0.3 is 5.97 Å². The molecule has 2 aromatic carbocycles. The maximum atomic E-state index is 12.2. The highest BCUT2D eigenvalue weighted by atomic mass is 79.9. The van der Waals surface area contributed by atoms with Crippen LogP contribution in [0.15, 0.2) is 53.0 Å². The molecule has 0 saturated carbocycles. The second kappa shape index (κ2) is 10.6. The first-order chi connectivity index (χ1) is 13.8. The van der Waals surface area contributed by atoms with Crippen molar-refractivity contribution in [3.63, 3.8) is 0 Å². The lowest BCUT2D eigenvalue weighted by atomic mass is 10.1. The number of aryl methyl sites for hydroxylation is 2. The van der Waals surface area contributed by atoms with Gasteiger partial charge in [0, 0.05) is 23.3 Å². The number of benzene rings is 2. The minimum atomic E-state index is -0.630. The van der Waals surface area contributed by atoms with Crippen LogP contribution >= 0.6 is 15.9 Å². The predicted octanol–water partition coefficient (Wildman–Crippen LogP) is 3.72. The molecule has 0 aliphatic rings. The number of hydrogen-bond acceptors (Lipinski definition) is 4. The fourth-order valence-electron chi connectivity index (χ4n) is 2.52. The van der Waals surface area contributed by atoms with E-state index >= 15 is 0 Å². The van der Waals surface area contributed by atoms with Crippen molar-refractivity contribution in [2.45, 2.75) is 13.8 Å². The summed E-state index contributed by atoms with van der Waals surface area (Å²) in [5.74, 6) is -1.42. The van der Waals surface area contributed by atoms with Gasteiger partial charge in [0.05, 0.1) is 6.54 Å². The summed E-state index contributed by atoms with van der Waals surface area (Å²) in [5.41, 5.74) is 3.46. The molecule has 0 atom stereocenters. The average molecular weight is 459 g/mol. The normalized spacial score (nSPS) is 10.6. The molecule has 0 bridgehead atoms. The third kappa shape index (κ3) is 7.19. The number of anilines is 1. The summed E-state index contributed by atoms with van der Waals surface area (Å²) < 4.78 is 5.89. The Labute approximate surface area is 178 Å². The monoisotopic (exact) mass is 458 g/mol. The lowest BCUT2D eigenvalue weighted by Gasteiger charge is -2.18. The van der Waals surface area contributed by atoms with Gasteiger partial charge in [-0.25, -0.2) is 4.79 Å². The zero-order chi connectivity index (χ0) is 21.4. The number of esters is 1. The number of nitrogens with zero attached hydrogens (tertiary/aromatic N) is 1. The summed E-state index contributed by atoms with van der Waals surface area (Å²) >= 11 is 3.34. The van der Waals surface area contributed by atoms with E-state index in [9.17, 15) is 14.4 Å². The predicted molar refractivity (Wildman–Crippen MR) is 116 cm³/mol. The molecule has 0 spiro atoms. The molecule has 0 aliphatic heterocycles. The second-order valence-electron chi connectivity index (χ2n) is 6.56. The Balaban J connectivity index is 1.80. The van der Waals surface area contributed by atoms with E-state index < -0.39 is 18.5 Å². The van der Waals surface area contributed by atoms with Gasteiger partial charge in [-0.2, -0.15) is 0 Å². The van der Waals surface area contributed by atoms with Crippen LogP contribution in [0.25, 0.3) is 6.08 Å². The molecule has 0 aromatic heterocycles. The van der Waals surface area contributed by atoms with E-state index in [1.807, 2.05) is 56.3 Å². The molecule has 0 unspecified atom stereocenters. The van der Waals surface area contributed by atoms with Gasteiger partial charge in [-0.1, -0.05) is 46.3 Å². The van der Waals surface area contributed by atoms with E-state index in [-0.39, 0.29) is 12.5 Å². The highest BCUT2D eigenvalue weighted by molar-refractivity contribution is 9.10. The fraction of sp³-hybridized carbons (Fsp3) is 0.227. The third-order valence-electron chi connectivity index (χ3n) is 4.17. The molecule has 0 fully saturated rings. The van der Waals surface area contributed by atoms with Gasteiger partial charge in [-0.3, -0.25) is 9.59 Å². The van der Waals surface area contributed by atoms with Gasteiger partial charge in [0.1, 0.15) is 0 Å². The van der Waals surface area contributed by atoms with Crippen LogP contribution in [0.3, 0.4) is 0 Å². The molecule has 0 radical (unpaired) electrons. The maximum absolute atomic E-state index is 12.2. The number of likely N-dealkylation sites (N-methyl/N-ethyl adjacent to an activating group) is 1. The first-order valence-electron chi connectivity index (χ1n) is 8.96. The molecule has 2 aromatic rings. The van der Waals surface area contributed by atoms with Crippen molar-refractivity contribution < 1.29 is 19.1 Å². The summed E-state index contributed by atoms with van der Waals surface area (Å²) in [6.07, 6.45) is 2.85. The smallest absolute Gasteiger partial charge is 0.331 e. The van der Waals surface area contributed by atoms with E-state index in [4.69, 9.17) is 4.74 Å². The fourth-order valence-corrected chi connectivity index (χ4v) is 2.79. The summed E-state index contributed by atoms with van der Waals surface area (Å²) in [6, 6.07) is 13.1. The zero-order valence-electron chi connectivity index (χ0n) is 16.6. The van der Waals surface area contributed by atoms with E-state index in [0.29, 0.717) is 0 Å². The van der Waals surface area contributed by atoms with Gasteiger partial charge < -0.3 is 15.0 Å². The summed E-state index contributed by atoms with van der Waals surface area (Å²) in [6.45, 7) is 3.23. The van der Waals surface area contributed by atoms with E-state index in [2.05, 4.69) is 21.2 Å². The topological polar surface area (TPSA) is 75.7 Å². The van der Waals surface area contributed by atoms with Gasteiger partial charge in [0.2, 0.25) is 5.91 Å². The lowest BCUT2D eigenvalue weighted by Crippen LogP contribution is -2.37. The molecule has 0 heterocycles. The Morgan fingerprint density at radius 3 is 2.31 bits per heavy atom. The van der Waals surface area contributed by atoms with Crippen LogP contribution in [0, 0.1) is 13.8 Å². The minimum absolute atomic E-state index is 0.140.